The van der Waals surface area contributed by atoms with Crippen LogP contribution in [0.3, 0.4) is 0 Å². The molecule has 0 saturated carbocycles. The fourth-order valence-electron chi connectivity index (χ4n) is 1.02. The molecule has 0 N–H and O–H groups in total. The van der Waals surface area contributed by atoms with Gasteiger partial charge in [0.25, 0.3) is 0 Å². The molecule has 0 amide bonds. The molecule has 0 aromatic carbocycles. The van der Waals surface area contributed by atoms with Gasteiger partial charge in [-0.1, -0.05) is 0 Å². The number of hydrogen-bond acceptors (Lipinski definition) is 4. The second kappa shape index (κ2) is 18.0. The summed E-state index contributed by atoms with van der Waals surface area (Å²) < 4.78 is 0. The molecule has 6 heteroatoms. The van der Waals surface area contributed by atoms with Gasteiger partial charge in [-0.25, -0.2) is 0 Å². The first-order valence-electron chi connectivity index (χ1n) is 5.84. The van der Waals surface area contributed by atoms with Crippen molar-refractivity contribution in [2.75, 3.05) is 57.8 Å². The standard InChI is InChI=1S/C11H22Cl2S4/c12-2-6-16-10-8-14-4-1-5-15-9-11-17-7-3-13/h1-11H2. The lowest BCUT2D eigenvalue weighted by molar-refractivity contribution is 1.12. The summed E-state index contributed by atoms with van der Waals surface area (Å²) in [5, 5.41) is 0. The van der Waals surface area contributed by atoms with Crippen molar-refractivity contribution in [3.63, 3.8) is 0 Å². The van der Waals surface area contributed by atoms with Crippen molar-refractivity contribution < 1.29 is 0 Å². The maximum Gasteiger partial charge on any atom is 0.0314 e. The first kappa shape index (κ1) is 19.0. The van der Waals surface area contributed by atoms with E-state index in [0.29, 0.717) is 0 Å². The molecule has 0 atom stereocenters. The van der Waals surface area contributed by atoms with Crippen LogP contribution in [0.5, 0.6) is 0 Å². The predicted molar refractivity (Wildman–Crippen MR) is 95.4 cm³/mol. The smallest absolute Gasteiger partial charge is 0.0314 e. The van der Waals surface area contributed by atoms with Crippen LogP contribution in [0, 0.1) is 0 Å². The molecule has 0 bridgehead atoms. The van der Waals surface area contributed by atoms with E-state index in [1.165, 1.54) is 40.9 Å². The minimum Gasteiger partial charge on any atom is -0.161 e. The van der Waals surface area contributed by atoms with E-state index in [1.54, 1.807) is 0 Å². The molecule has 0 fully saturated rings. The highest BCUT2D eigenvalue weighted by Crippen LogP contribution is 2.12. The van der Waals surface area contributed by atoms with Crippen molar-refractivity contribution in [3.8, 4) is 0 Å². The Morgan fingerprint density at radius 2 is 0.824 bits per heavy atom. The van der Waals surface area contributed by atoms with Crippen LogP contribution in [0.4, 0.5) is 0 Å². The molecule has 0 aliphatic heterocycles. The first-order valence-corrected chi connectivity index (χ1v) is 11.5. The van der Waals surface area contributed by atoms with Crippen molar-refractivity contribution in [1.82, 2.24) is 0 Å². The third-order valence-electron chi connectivity index (χ3n) is 1.76. The summed E-state index contributed by atoms with van der Waals surface area (Å²) in [6.07, 6.45) is 1.34. The number of hydrogen-bond donors (Lipinski definition) is 0. The van der Waals surface area contributed by atoms with E-state index in [9.17, 15) is 0 Å². The number of alkyl halides is 2. The van der Waals surface area contributed by atoms with E-state index in [2.05, 4.69) is 23.5 Å². The molecule has 104 valence electrons. The summed E-state index contributed by atoms with van der Waals surface area (Å²) in [5.41, 5.74) is 0. The number of rotatable bonds is 14. The Kier molecular flexibility index (Phi) is 20.1. The quantitative estimate of drug-likeness (QED) is 0.325. The van der Waals surface area contributed by atoms with Crippen LogP contribution in [0.15, 0.2) is 0 Å². The number of halogens is 2. The van der Waals surface area contributed by atoms with E-state index >= 15 is 0 Å². The van der Waals surface area contributed by atoms with Crippen LogP contribution in [0.25, 0.3) is 0 Å². The zero-order valence-electron chi connectivity index (χ0n) is 10.2. The van der Waals surface area contributed by atoms with Gasteiger partial charge in [0.1, 0.15) is 0 Å². The molecule has 0 heterocycles. The fourth-order valence-corrected chi connectivity index (χ4v) is 5.47. The van der Waals surface area contributed by atoms with Crippen molar-refractivity contribution in [1.29, 1.82) is 0 Å². The monoisotopic (exact) mass is 352 g/mol. The van der Waals surface area contributed by atoms with Gasteiger partial charge in [0, 0.05) is 46.3 Å². The van der Waals surface area contributed by atoms with Crippen LogP contribution in [0.1, 0.15) is 6.42 Å². The average molecular weight is 353 g/mol. The molecular formula is C11H22Cl2S4. The Labute approximate surface area is 133 Å². The number of thioether (sulfide) groups is 4. The molecule has 0 aromatic rings. The fraction of sp³-hybridized carbons (Fsp3) is 1.00. The van der Waals surface area contributed by atoms with Gasteiger partial charge in [0.2, 0.25) is 0 Å². The highest BCUT2D eigenvalue weighted by atomic mass is 35.5. The van der Waals surface area contributed by atoms with Gasteiger partial charge < -0.3 is 0 Å². The summed E-state index contributed by atoms with van der Waals surface area (Å²) in [4.78, 5) is 0. The van der Waals surface area contributed by atoms with Gasteiger partial charge in [-0.3, -0.25) is 0 Å². The predicted octanol–water partition coefficient (Wildman–Crippen LogP) is 4.79. The summed E-state index contributed by atoms with van der Waals surface area (Å²) in [6.45, 7) is 0. The molecule has 0 spiro atoms. The largest absolute Gasteiger partial charge is 0.161 e. The van der Waals surface area contributed by atoms with Gasteiger partial charge in [-0.2, -0.15) is 47.0 Å². The first-order chi connectivity index (χ1) is 8.41. The molecule has 0 aliphatic rings. The van der Waals surface area contributed by atoms with Crippen LogP contribution in [0.2, 0.25) is 0 Å². The molecule has 0 saturated heterocycles. The minimum atomic E-state index is 0.785. The normalized spacial score (nSPS) is 10.9. The Bertz CT molecular complexity index is 125. The molecular weight excluding hydrogens is 331 g/mol. The lowest BCUT2D eigenvalue weighted by Crippen LogP contribution is -1.93. The van der Waals surface area contributed by atoms with Crippen LogP contribution >= 0.6 is 70.2 Å². The zero-order chi connectivity index (χ0) is 12.6. The van der Waals surface area contributed by atoms with E-state index in [1.807, 2.05) is 23.5 Å². The third-order valence-corrected chi connectivity index (χ3v) is 7.22. The summed E-state index contributed by atoms with van der Waals surface area (Å²) in [5.74, 6) is 11.4. The van der Waals surface area contributed by atoms with Crippen LogP contribution in [-0.4, -0.2) is 57.8 Å². The minimum absolute atomic E-state index is 0.785. The summed E-state index contributed by atoms with van der Waals surface area (Å²) >= 11 is 19.3. The van der Waals surface area contributed by atoms with E-state index in [4.69, 9.17) is 23.2 Å². The van der Waals surface area contributed by atoms with Gasteiger partial charge >= 0.3 is 0 Å². The molecule has 0 aromatic heterocycles. The second-order valence-electron chi connectivity index (χ2n) is 3.18. The summed E-state index contributed by atoms with van der Waals surface area (Å²) in [7, 11) is 0. The lowest BCUT2D eigenvalue weighted by Gasteiger charge is -2.02. The molecule has 17 heavy (non-hydrogen) atoms. The van der Waals surface area contributed by atoms with E-state index in [0.717, 1.165) is 23.3 Å². The van der Waals surface area contributed by atoms with Crippen LogP contribution < -0.4 is 0 Å². The highest BCUT2D eigenvalue weighted by molar-refractivity contribution is 8.03. The Morgan fingerprint density at radius 1 is 0.471 bits per heavy atom. The Balaban J connectivity index is 2.85. The molecule has 0 rings (SSSR count). The molecule has 0 radical (unpaired) electrons. The lowest BCUT2D eigenvalue weighted by atomic mass is 10.6. The van der Waals surface area contributed by atoms with Crippen molar-refractivity contribution >= 4 is 70.2 Å². The third kappa shape index (κ3) is 18.0. The zero-order valence-corrected chi connectivity index (χ0v) is 14.9. The topological polar surface area (TPSA) is 0 Å². The van der Waals surface area contributed by atoms with Crippen LogP contribution in [-0.2, 0) is 0 Å². The van der Waals surface area contributed by atoms with Crippen molar-refractivity contribution in [2.45, 2.75) is 6.42 Å². The van der Waals surface area contributed by atoms with Gasteiger partial charge in [0.15, 0.2) is 0 Å². The Hall–Kier alpha value is 1.98. The van der Waals surface area contributed by atoms with Crippen molar-refractivity contribution in [3.05, 3.63) is 0 Å². The van der Waals surface area contributed by atoms with E-state index < -0.39 is 0 Å². The second-order valence-corrected chi connectivity index (χ2v) is 8.84. The van der Waals surface area contributed by atoms with E-state index in [-0.39, 0.29) is 0 Å². The highest BCUT2D eigenvalue weighted by Gasteiger charge is 1.93. The maximum absolute atomic E-state index is 5.60. The molecule has 0 aliphatic carbocycles. The maximum atomic E-state index is 5.60. The van der Waals surface area contributed by atoms with Gasteiger partial charge in [0.05, 0.1) is 0 Å². The van der Waals surface area contributed by atoms with Gasteiger partial charge in [-0.05, 0) is 17.9 Å². The van der Waals surface area contributed by atoms with Crippen molar-refractivity contribution in [2.24, 2.45) is 0 Å². The van der Waals surface area contributed by atoms with Gasteiger partial charge in [-0.15, -0.1) is 23.2 Å². The molecule has 0 nitrogen and oxygen atoms in total. The Morgan fingerprint density at radius 3 is 1.18 bits per heavy atom. The summed E-state index contributed by atoms with van der Waals surface area (Å²) in [6, 6.07) is 0. The SMILES string of the molecule is ClCCSCCSCCCSCCSCCCl. The average Bonchev–Trinajstić information content (AvgIpc) is 2.35. The molecule has 0 unspecified atom stereocenters.